The number of nitrogens with zero attached hydrogens (tertiary/aromatic N) is 2. The van der Waals surface area contributed by atoms with Gasteiger partial charge in [0.15, 0.2) is 0 Å². The van der Waals surface area contributed by atoms with Crippen molar-refractivity contribution in [2.45, 2.75) is 20.0 Å². The zero-order chi connectivity index (χ0) is 23.2. The van der Waals surface area contributed by atoms with Crippen LogP contribution in [0, 0.1) is 0 Å². The van der Waals surface area contributed by atoms with Crippen molar-refractivity contribution in [3.8, 4) is 16.9 Å². The molecule has 4 aromatic rings. The van der Waals surface area contributed by atoms with E-state index in [1.165, 1.54) is 19.1 Å². The van der Waals surface area contributed by atoms with Gasteiger partial charge in [-0.1, -0.05) is 48.5 Å². The van der Waals surface area contributed by atoms with Crippen molar-refractivity contribution in [1.29, 1.82) is 0 Å². The normalized spacial score (nSPS) is 10.6. The van der Waals surface area contributed by atoms with Gasteiger partial charge in [0, 0.05) is 31.5 Å². The molecule has 3 N–H and O–H groups in total. The van der Waals surface area contributed by atoms with E-state index in [1.54, 1.807) is 12.3 Å². The molecule has 0 aliphatic carbocycles. The average Bonchev–Trinajstić information content (AvgIpc) is 3.32. The molecule has 0 bridgehead atoms. The molecule has 2 amide bonds. The van der Waals surface area contributed by atoms with Gasteiger partial charge in [-0.05, 0) is 46.5 Å². The van der Waals surface area contributed by atoms with E-state index in [1.807, 2.05) is 41.2 Å². The molecular weight excluding hydrogens is 416 g/mol. The molecule has 0 saturated carbocycles. The summed E-state index contributed by atoms with van der Waals surface area (Å²) in [5.41, 5.74) is 4.69. The fraction of sp³-hybridized carbons (Fsp3) is 0.115. The van der Waals surface area contributed by atoms with E-state index in [2.05, 4.69) is 40.0 Å². The number of aromatic nitrogens is 2. The molecule has 0 saturated heterocycles. The molecule has 0 fully saturated rings. The zero-order valence-electron chi connectivity index (χ0n) is 18.2. The molecule has 0 radical (unpaired) electrons. The molecular formula is C26H24N4O3. The highest BCUT2D eigenvalue weighted by atomic mass is 16.3. The summed E-state index contributed by atoms with van der Waals surface area (Å²) in [6.07, 6.45) is 3.68. The van der Waals surface area contributed by atoms with Crippen LogP contribution in [0.2, 0.25) is 0 Å². The molecule has 7 heteroatoms. The number of amides is 2. The summed E-state index contributed by atoms with van der Waals surface area (Å²) in [5, 5.41) is 19.8. The highest BCUT2D eigenvalue weighted by molar-refractivity contribution is 5.99. The van der Waals surface area contributed by atoms with Crippen molar-refractivity contribution in [2.24, 2.45) is 0 Å². The first kappa shape index (κ1) is 21.8. The molecule has 166 valence electrons. The van der Waals surface area contributed by atoms with Crippen molar-refractivity contribution in [3.05, 3.63) is 102 Å². The SMILES string of the molecule is CC(=O)Nc1ccc(O)c(C(=O)NCc2ccccc2-c2ccc(Cn3cccn3)cc2)c1. The lowest BCUT2D eigenvalue weighted by Gasteiger charge is -2.13. The van der Waals surface area contributed by atoms with Gasteiger partial charge in [0.2, 0.25) is 5.91 Å². The van der Waals surface area contributed by atoms with Crippen LogP contribution in [0.1, 0.15) is 28.4 Å². The summed E-state index contributed by atoms with van der Waals surface area (Å²) < 4.78 is 1.87. The molecule has 1 aromatic heterocycles. The minimum atomic E-state index is -0.427. The Bertz CT molecular complexity index is 1270. The monoisotopic (exact) mass is 440 g/mol. The number of carbonyl (C=O) groups is 2. The van der Waals surface area contributed by atoms with Crippen LogP contribution in [0.4, 0.5) is 5.69 Å². The average molecular weight is 441 g/mol. The number of hydrogen-bond acceptors (Lipinski definition) is 4. The predicted octanol–water partition coefficient (Wildman–Crippen LogP) is 4.19. The van der Waals surface area contributed by atoms with E-state index in [4.69, 9.17) is 0 Å². The van der Waals surface area contributed by atoms with Crippen molar-refractivity contribution in [1.82, 2.24) is 15.1 Å². The van der Waals surface area contributed by atoms with E-state index in [-0.39, 0.29) is 23.8 Å². The Labute approximate surface area is 191 Å². The minimum absolute atomic E-state index is 0.0988. The fourth-order valence-electron chi connectivity index (χ4n) is 3.60. The number of nitrogens with one attached hydrogen (secondary N) is 2. The first-order valence-electron chi connectivity index (χ1n) is 10.5. The maximum Gasteiger partial charge on any atom is 0.255 e. The van der Waals surface area contributed by atoms with Gasteiger partial charge in [0.1, 0.15) is 5.75 Å². The van der Waals surface area contributed by atoms with Gasteiger partial charge in [0.25, 0.3) is 5.91 Å². The summed E-state index contributed by atoms with van der Waals surface area (Å²) in [5.74, 6) is -0.830. The Balaban J connectivity index is 1.48. The number of phenols is 1. The van der Waals surface area contributed by atoms with Crippen molar-refractivity contribution in [2.75, 3.05) is 5.32 Å². The van der Waals surface area contributed by atoms with Crippen LogP contribution < -0.4 is 10.6 Å². The molecule has 33 heavy (non-hydrogen) atoms. The largest absolute Gasteiger partial charge is 0.507 e. The molecule has 0 spiro atoms. The molecule has 0 unspecified atom stereocenters. The summed E-state index contributed by atoms with van der Waals surface area (Å²) in [4.78, 5) is 24.0. The van der Waals surface area contributed by atoms with Crippen LogP contribution in [0.3, 0.4) is 0 Å². The molecule has 0 atom stereocenters. The van der Waals surface area contributed by atoms with Crippen molar-refractivity contribution in [3.63, 3.8) is 0 Å². The third-order valence-electron chi connectivity index (χ3n) is 5.19. The van der Waals surface area contributed by atoms with E-state index < -0.39 is 5.91 Å². The Morgan fingerprint density at radius 3 is 2.52 bits per heavy atom. The smallest absolute Gasteiger partial charge is 0.255 e. The Kier molecular flexibility index (Phi) is 6.50. The predicted molar refractivity (Wildman–Crippen MR) is 127 cm³/mol. The van der Waals surface area contributed by atoms with Gasteiger partial charge in [-0.25, -0.2) is 0 Å². The molecule has 0 aliphatic rings. The Morgan fingerprint density at radius 1 is 1.00 bits per heavy atom. The topological polar surface area (TPSA) is 96.3 Å². The molecule has 4 rings (SSSR count). The van der Waals surface area contributed by atoms with Crippen molar-refractivity contribution < 1.29 is 14.7 Å². The van der Waals surface area contributed by atoms with E-state index >= 15 is 0 Å². The van der Waals surface area contributed by atoms with E-state index in [0.29, 0.717) is 12.2 Å². The van der Waals surface area contributed by atoms with Gasteiger partial charge >= 0.3 is 0 Å². The standard InChI is InChI=1S/C26H24N4O3/c1-18(31)29-22-11-12-25(32)24(15-22)26(33)27-16-21-5-2-3-6-23(21)20-9-7-19(8-10-20)17-30-14-4-13-28-30/h2-15,32H,16-17H2,1H3,(H,27,33)(H,29,31). The van der Waals surface area contributed by atoms with Crippen molar-refractivity contribution >= 4 is 17.5 Å². The molecule has 0 aliphatic heterocycles. The van der Waals surface area contributed by atoms with Gasteiger partial charge < -0.3 is 15.7 Å². The number of benzene rings is 3. The summed E-state index contributed by atoms with van der Waals surface area (Å²) in [7, 11) is 0. The third-order valence-corrected chi connectivity index (χ3v) is 5.19. The first-order valence-corrected chi connectivity index (χ1v) is 10.5. The summed E-state index contributed by atoms with van der Waals surface area (Å²) >= 11 is 0. The highest BCUT2D eigenvalue weighted by Gasteiger charge is 2.14. The van der Waals surface area contributed by atoms with Crippen LogP contribution in [0.15, 0.2) is 85.2 Å². The third kappa shape index (κ3) is 5.46. The number of anilines is 1. The van der Waals surface area contributed by atoms with Crippen LogP contribution in [-0.2, 0) is 17.9 Å². The fourth-order valence-corrected chi connectivity index (χ4v) is 3.60. The lowest BCUT2D eigenvalue weighted by Crippen LogP contribution is -2.23. The number of aromatic hydroxyl groups is 1. The second-order valence-electron chi connectivity index (χ2n) is 7.65. The van der Waals surface area contributed by atoms with Gasteiger partial charge in [-0.3, -0.25) is 14.3 Å². The molecule has 1 heterocycles. The van der Waals surface area contributed by atoms with Crippen LogP contribution in [0.5, 0.6) is 5.75 Å². The Morgan fingerprint density at radius 2 is 1.79 bits per heavy atom. The minimum Gasteiger partial charge on any atom is -0.507 e. The van der Waals surface area contributed by atoms with Crippen LogP contribution >= 0.6 is 0 Å². The number of hydrogen-bond donors (Lipinski definition) is 3. The van der Waals surface area contributed by atoms with E-state index in [9.17, 15) is 14.7 Å². The number of rotatable bonds is 7. The second kappa shape index (κ2) is 9.82. The maximum atomic E-state index is 12.7. The van der Waals surface area contributed by atoms with Crippen LogP contribution in [-0.4, -0.2) is 26.7 Å². The quantitative estimate of drug-likeness (QED) is 0.376. The van der Waals surface area contributed by atoms with E-state index in [0.717, 1.165) is 22.3 Å². The van der Waals surface area contributed by atoms with Crippen LogP contribution in [0.25, 0.3) is 11.1 Å². The molecule has 7 nitrogen and oxygen atoms in total. The highest BCUT2D eigenvalue weighted by Crippen LogP contribution is 2.25. The summed E-state index contributed by atoms with van der Waals surface area (Å²) in [6, 6.07) is 22.4. The molecule has 3 aromatic carbocycles. The Hall–Kier alpha value is -4.39. The lowest BCUT2D eigenvalue weighted by molar-refractivity contribution is -0.114. The zero-order valence-corrected chi connectivity index (χ0v) is 18.2. The number of carbonyl (C=O) groups excluding carboxylic acids is 2. The maximum absolute atomic E-state index is 12.7. The first-order chi connectivity index (χ1) is 16.0. The number of phenolic OH excluding ortho intramolecular Hbond substituents is 1. The van der Waals surface area contributed by atoms with Gasteiger partial charge in [-0.15, -0.1) is 0 Å². The van der Waals surface area contributed by atoms with Gasteiger partial charge in [-0.2, -0.15) is 5.10 Å². The summed E-state index contributed by atoms with van der Waals surface area (Å²) in [6.45, 7) is 2.37. The lowest BCUT2D eigenvalue weighted by atomic mass is 9.98. The van der Waals surface area contributed by atoms with Gasteiger partial charge in [0.05, 0.1) is 12.1 Å². The second-order valence-corrected chi connectivity index (χ2v) is 7.65.